The topological polar surface area (TPSA) is 69.7 Å². The molecule has 106 valence electrons. The number of aliphatic hydroxyl groups excluding tert-OH is 2. The summed E-state index contributed by atoms with van der Waals surface area (Å²) in [5, 5.41) is 20.1. The lowest BCUT2D eigenvalue weighted by Gasteiger charge is -2.33. The summed E-state index contributed by atoms with van der Waals surface area (Å²) in [6.07, 6.45) is -0.624. The monoisotopic (exact) mass is 284 g/mol. The molecule has 0 aromatic heterocycles. The van der Waals surface area contributed by atoms with Gasteiger partial charge >= 0.3 is 0 Å². The molecule has 1 saturated heterocycles. The first-order valence-electron chi connectivity index (χ1n) is 6.64. The van der Waals surface area contributed by atoms with Crippen LogP contribution in [0.5, 0.6) is 0 Å². The van der Waals surface area contributed by atoms with Crippen LogP contribution in [0.2, 0.25) is 5.02 Å². The third-order valence-corrected chi connectivity index (χ3v) is 4.13. The molecule has 5 heteroatoms. The minimum atomic E-state index is -0.714. The van der Waals surface area contributed by atoms with E-state index < -0.39 is 12.2 Å². The van der Waals surface area contributed by atoms with E-state index in [1.165, 1.54) is 0 Å². The average Bonchev–Trinajstić information content (AvgIpc) is 2.71. The minimum absolute atomic E-state index is 0.0782. The van der Waals surface area contributed by atoms with E-state index in [2.05, 4.69) is 0 Å². The highest BCUT2D eigenvalue weighted by Gasteiger charge is 2.37. The third kappa shape index (κ3) is 3.09. The highest BCUT2D eigenvalue weighted by atomic mass is 35.5. The van der Waals surface area contributed by atoms with Crippen molar-refractivity contribution >= 4 is 11.6 Å². The van der Waals surface area contributed by atoms with Crippen molar-refractivity contribution in [2.24, 2.45) is 5.73 Å². The molecule has 1 aromatic rings. The Hall–Kier alpha value is -0.650. The van der Waals surface area contributed by atoms with E-state index in [1.807, 2.05) is 36.1 Å². The van der Waals surface area contributed by atoms with Gasteiger partial charge in [-0.2, -0.15) is 0 Å². The van der Waals surface area contributed by atoms with Gasteiger partial charge in [0.25, 0.3) is 0 Å². The maximum atomic E-state index is 9.72. The highest BCUT2D eigenvalue weighted by molar-refractivity contribution is 6.31. The van der Waals surface area contributed by atoms with Crippen LogP contribution in [0.15, 0.2) is 24.3 Å². The van der Waals surface area contributed by atoms with E-state index in [4.69, 9.17) is 17.3 Å². The Morgan fingerprint density at radius 3 is 2.42 bits per heavy atom. The number of nitrogens with two attached hydrogens (primary N) is 1. The van der Waals surface area contributed by atoms with Gasteiger partial charge < -0.3 is 15.9 Å². The van der Waals surface area contributed by atoms with Gasteiger partial charge in [0, 0.05) is 24.2 Å². The zero-order valence-corrected chi connectivity index (χ0v) is 11.8. The molecule has 0 amide bonds. The number of hydrogen-bond acceptors (Lipinski definition) is 4. The van der Waals surface area contributed by atoms with Crippen molar-refractivity contribution in [3.8, 4) is 0 Å². The number of rotatable bonds is 4. The molecule has 0 radical (unpaired) electrons. The summed E-state index contributed by atoms with van der Waals surface area (Å²) in [6.45, 7) is 2.87. The van der Waals surface area contributed by atoms with E-state index in [0.717, 1.165) is 12.0 Å². The Morgan fingerprint density at radius 2 is 1.89 bits per heavy atom. The van der Waals surface area contributed by atoms with E-state index in [0.29, 0.717) is 18.1 Å². The third-order valence-electron chi connectivity index (χ3n) is 3.78. The number of hydrogen-bond donors (Lipinski definition) is 3. The summed E-state index contributed by atoms with van der Waals surface area (Å²) in [7, 11) is 0. The molecule has 0 saturated carbocycles. The lowest BCUT2D eigenvalue weighted by molar-refractivity contribution is 0.0572. The Labute approximate surface area is 118 Å². The summed E-state index contributed by atoms with van der Waals surface area (Å²) in [5.41, 5.74) is 7.18. The average molecular weight is 285 g/mol. The second kappa shape index (κ2) is 6.20. The summed E-state index contributed by atoms with van der Waals surface area (Å²) in [6, 6.07) is 7.45. The summed E-state index contributed by atoms with van der Waals surface area (Å²) < 4.78 is 0. The van der Waals surface area contributed by atoms with E-state index in [-0.39, 0.29) is 12.1 Å². The predicted octanol–water partition coefficient (Wildman–Crippen LogP) is 1.16. The van der Waals surface area contributed by atoms with Crippen molar-refractivity contribution in [2.75, 3.05) is 13.1 Å². The lowest BCUT2D eigenvalue weighted by Crippen LogP contribution is -2.40. The molecule has 1 heterocycles. The normalized spacial score (nSPS) is 27.4. The molecule has 1 aromatic carbocycles. The van der Waals surface area contributed by atoms with Crippen LogP contribution in [0.4, 0.5) is 0 Å². The van der Waals surface area contributed by atoms with Crippen LogP contribution in [0.1, 0.15) is 24.9 Å². The van der Waals surface area contributed by atoms with Crippen molar-refractivity contribution in [1.82, 2.24) is 4.90 Å². The van der Waals surface area contributed by atoms with Gasteiger partial charge in [-0.3, -0.25) is 4.90 Å². The smallest absolute Gasteiger partial charge is 0.0938 e. The number of likely N-dealkylation sites (tertiary alicyclic amines) is 1. The zero-order valence-electron chi connectivity index (χ0n) is 11.0. The SMILES string of the molecule is CCC(N)C(c1ccccc1Cl)N1CC(O)C(O)C1. The molecule has 0 spiro atoms. The van der Waals surface area contributed by atoms with Crippen LogP contribution in [-0.4, -0.2) is 46.5 Å². The summed E-state index contributed by atoms with van der Waals surface area (Å²) in [4.78, 5) is 2.02. The van der Waals surface area contributed by atoms with Crippen LogP contribution in [0.25, 0.3) is 0 Å². The van der Waals surface area contributed by atoms with E-state index in [1.54, 1.807) is 0 Å². The van der Waals surface area contributed by atoms with Gasteiger partial charge in [-0.05, 0) is 18.1 Å². The van der Waals surface area contributed by atoms with Gasteiger partial charge in [-0.15, -0.1) is 0 Å². The van der Waals surface area contributed by atoms with Gasteiger partial charge in [0.15, 0.2) is 0 Å². The Bertz CT molecular complexity index is 420. The number of β-amino-alcohol motifs (C(OH)–C–C–N with tert-alkyl or cyclic N) is 2. The van der Waals surface area contributed by atoms with Crippen LogP contribution < -0.4 is 5.73 Å². The molecule has 4 atom stereocenters. The fourth-order valence-corrected chi connectivity index (χ4v) is 2.91. The molecule has 4 N–H and O–H groups in total. The molecule has 1 fully saturated rings. The van der Waals surface area contributed by atoms with Crippen LogP contribution in [0.3, 0.4) is 0 Å². The maximum Gasteiger partial charge on any atom is 0.0938 e. The van der Waals surface area contributed by atoms with Gasteiger partial charge in [0.2, 0.25) is 0 Å². The van der Waals surface area contributed by atoms with Crippen LogP contribution in [0, 0.1) is 0 Å². The first-order valence-corrected chi connectivity index (χ1v) is 7.02. The molecule has 19 heavy (non-hydrogen) atoms. The van der Waals surface area contributed by atoms with E-state index in [9.17, 15) is 10.2 Å². The van der Waals surface area contributed by atoms with Gasteiger partial charge in [-0.25, -0.2) is 0 Å². The van der Waals surface area contributed by atoms with Crippen molar-refractivity contribution < 1.29 is 10.2 Å². The molecule has 0 aliphatic carbocycles. The predicted molar refractivity (Wildman–Crippen MR) is 76.0 cm³/mol. The second-order valence-corrected chi connectivity index (χ2v) is 5.53. The van der Waals surface area contributed by atoms with Crippen LogP contribution >= 0.6 is 11.6 Å². The molecular formula is C14H21ClN2O2. The summed E-state index contributed by atoms with van der Waals surface area (Å²) in [5.74, 6) is 0. The van der Waals surface area contributed by atoms with Crippen molar-refractivity contribution in [3.05, 3.63) is 34.9 Å². The molecule has 1 aliphatic rings. The standard InChI is InChI=1S/C14H21ClN2O2/c1-2-11(16)14(9-5-3-4-6-10(9)15)17-7-12(18)13(19)8-17/h3-6,11-14,18-19H,2,7-8,16H2,1H3. The first-order chi connectivity index (χ1) is 9.04. The second-order valence-electron chi connectivity index (χ2n) is 5.13. The fraction of sp³-hybridized carbons (Fsp3) is 0.571. The van der Waals surface area contributed by atoms with Gasteiger partial charge in [0.1, 0.15) is 0 Å². The maximum absolute atomic E-state index is 9.72. The molecule has 0 bridgehead atoms. The molecule has 1 aliphatic heterocycles. The lowest BCUT2D eigenvalue weighted by atomic mass is 9.96. The van der Waals surface area contributed by atoms with Gasteiger partial charge in [-0.1, -0.05) is 36.7 Å². The highest BCUT2D eigenvalue weighted by Crippen LogP contribution is 2.33. The number of aliphatic hydroxyl groups is 2. The molecule has 4 nitrogen and oxygen atoms in total. The first kappa shape index (κ1) is 14.8. The zero-order chi connectivity index (χ0) is 14.0. The molecule has 2 rings (SSSR count). The molecular weight excluding hydrogens is 264 g/mol. The quantitative estimate of drug-likeness (QED) is 0.776. The molecule has 4 unspecified atom stereocenters. The van der Waals surface area contributed by atoms with E-state index >= 15 is 0 Å². The Morgan fingerprint density at radius 1 is 1.32 bits per heavy atom. The van der Waals surface area contributed by atoms with Gasteiger partial charge in [0.05, 0.1) is 18.2 Å². The summed E-state index contributed by atoms with van der Waals surface area (Å²) >= 11 is 6.26. The Kier molecular flexibility index (Phi) is 4.81. The van der Waals surface area contributed by atoms with Crippen LogP contribution in [-0.2, 0) is 0 Å². The number of nitrogens with zero attached hydrogens (tertiary/aromatic N) is 1. The minimum Gasteiger partial charge on any atom is -0.389 e. The van der Waals surface area contributed by atoms with Crippen molar-refractivity contribution in [1.29, 1.82) is 0 Å². The number of halogens is 1. The van der Waals surface area contributed by atoms with Crippen molar-refractivity contribution in [2.45, 2.75) is 37.6 Å². The fourth-order valence-electron chi connectivity index (χ4n) is 2.66. The Balaban J connectivity index is 2.30. The van der Waals surface area contributed by atoms with Crippen molar-refractivity contribution in [3.63, 3.8) is 0 Å². The number of benzene rings is 1. The largest absolute Gasteiger partial charge is 0.389 e.